The predicted octanol–water partition coefficient (Wildman–Crippen LogP) is 4.59. The molecule has 0 aromatic heterocycles. The van der Waals surface area contributed by atoms with Crippen molar-refractivity contribution < 1.29 is 4.79 Å². The molecule has 7 heteroatoms. The van der Waals surface area contributed by atoms with Gasteiger partial charge in [-0.3, -0.25) is 10.1 Å². The number of rotatable bonds is 2. The van der Waals surface area contributed by atoms with Gasteiger partial charge in [0.2, 0.25) is 5.96 Å². The molecule has 1 heterocycles. The first-order valence-electron chi connectivity index (χ1n) is 6.61. The van der Waals surface area contributed by atoms with Crippen LogP contribution in [-0.2, 0) is 4.79 Å². The second kappa shape index (κ2) is 6.62. The number of nitrogens with zero attached hydrogens (tertiary/aromatic N) is 1. The fourth-order valence-corrected chi connectivity index (χ4v) is 2.55. The number of anilines is 1. The molecule has 0 fully saturated rings. The molecule has 0 bridgehead atoms. The maximum atomic E-state index is 12.0. The van der Waals surface area contributed by atoms with E-state index in [2.05, 4.69) is 15.6 Å². The Balaban J connectivity index is 1.83. The molecule has 3 rings (SSSR count). The summed E-state index contributed by atoms with van der Waals surface area (Å²) in [5.74, 6) is 0.0288. The molecule has 1 amide bonds. The Morgan fingerprint density at radius 2 is 1.70 bits per heavy atom. The van der Waals surface area contributed by atoms with E-state index in [1.807, 2.05) is 0 Å². The molecule has 0 saturated carbocycles. The number of hydrogen-bond acceptors (Lipinski definition) is 3. The van der Waals surface area contributed by atoms with E-state index < -0.39 is 0 Å². The van der Waals surface area contributed by atoms with E-state index in [0.29, 0.717) is 26.6 Å². The van der Waals surface area contributed by atoms with Crippen LogP contribution in [0.3, 0.4) is 0 Å². The summed E-state index contributed by atoms with van der Waals surface area (Å²) in [5, 5.41) is 7.26. The molecule has 2 aromatic rings. The van der Waals surface area contributed by atoms with Crippen molar-refractivity contribution in [1.82, 2.24) is 5.32 Å². The number of halogens is 3. The molecule has 2 aromatic carbocycles. The standard InChI is InChI=1S/C16H10Cl3N3O/c17-10-3-5-12(6-4-10)20-16-21-14(15(23)22-16)7-9-1-2-11(18)8-13(9)19/h1-8H,(H2,20,21,22,23)/b14-7-. The minimum Gasteiger partial charge on any atom is -0.326 e. The van der Waals surface area contributed by atoms with Crippen LogP contribution in [-0.4, -0.2) is 11.9 Å². The highest BCUT2D eigenvalue weighted by Crippen LogP contribution is 2.24. The first-order chi connectivity index (χ1) is 11.0. The van der Waals surface area contributed by atoms with Gasteiger partial charge in [0, 0.05) is 20.8 Å². The monoisotopic (exact) mass is 365 g/mol. The van der Waals surface area contributed by atoms with Crippen molar-refractivity contribution in [2.75, 3.05) is 5.32 Å². The summed E-state index contributed by atoms with van der Waals surface area (Å²) in [6.45, 7) is 0. The third kappa shape index (κ3) is 3.85. The van der Waals surface area contributed by atoms with Crippen molar-refractivity contribution in [3.63, 3.8) is 0 Å². The van der Waals surface area contributed by atoms with E-state index in [0.717, 1.165) is 5.69 Å². The van der Waals surface area contributed by atoms with Crippen LogP contribution in [0.25, 0.3) is 6.08 Å². The fraction of sp³-hybridized carbons (Fsp3) is 0. The van der Waals surface area contributed by atoms with Crippen molar-refractivity contribution in [2.45, 2.75) is 0 Å². The van der Waals surface area contributed by atoms with Gasteiger partial charge in [-0.2, -0.15) is 0 Å². The van der Waals surface area contributed by atoms with Crippen molar-refractivity contribution in [3.8, 4) is 0 Å². The summed E-state index contributed by atoms with van der Waals surface area (Å²) in [4.78, 5) is 16.2. The van der Waals surface area contributed by atoms with E-state index in [-0.39, 0.29) is 11.6 Å². The normalized spacial score (nSPS) is 15.5. The molecule has 0 radical (unpaired) electrons. The maximum absolute atomic E-state index is 12.0. The Hall–Kier alpha value is -2.01. The highest BCUT2D eigenvalue weighted by Gasteiger charge is 2.20. The van der Waals surface area contributed by atoms with Crippen LogP contribution in [0.15, 0.2) is 53.2 Å². The molecule has 0 saturated heterocycles. The topological polar surface area (TPSA) is 53.5 Å². The van der Waals surface area contributed by atoms with Crippen LogP contribution in [0.4, 0.5) is 5.69 Å². The second-order valence-electron chi connectivity index (χ2n) is 4.74. The minimum atomic E-state index is -0.313. The van der Waals surface area contributed by atoms with Crippen LogP contribution in [0.2, 0.25) is 15.1 Å². The lowest BCUT2D eigenvalue weighted by molar-refractivity contribution is -0.115. The van der Waals surface area contributed by atoms with Gasteiger partial charge in [-0.05, 0) is 48.0 Å². The molecule has 0 atom stereocenters. The van der Waals surface area contributed by atoms with Crippen LogP contribution >= 0.6 is 34.8 Å². The van der Waals surface area contributed by atoms with Gasteiger partial charge >= 0.3 is 0 Å². The average molecular weight is 367 g/mol. The Labute approximate surface area is 147 Å². The number of carbonyl (C=O) groups is 1. The van der Waals surface area contributed by atoms with Crippen LogP contribution in [0.1, 0.15) is 5.56 Å². The van der Waals surface area contributed by atoms with E-state index >= 15 is 0 Å². The predicted molar refractivity (Wildman–Crippen MR) is 95.1 cm³/mol. The second-order valence-corrected chi connectivity index (χ2v) is 6.02. The lowest BCUT2D eigenvalue weighted by Gasteiger charge is -2.04. The Kier molecular flexibility index (Phi) is 4.57. The summed E-state index contributed by atoms with van der Waals surface area (Å²) in [6.07, 6.45) is 1.60. The van der Waals surface area contributed by atoms with E-state index in [9.17, 15) is 4.79 Å². The number of nitrogens with one attached hydrogen (secondary N) is 2. The van der Waals surface area contributed by atoms with Crippen LogP contribution in [0, 0.1) is 0 Å². The lowest BCUT2D eigenvalue weighted by Crippen LogP contribution is -2.29. The summed E-state index contributed by atoms with van der Waals surface area (Å²) in [7, 11) is 0. The van der Waals surface area contributed by atoms with Gasteiger partial charge in [0.1, 0.15) is 5.70 Å². The third-order valence-corrected chi connectivity index (χ3v) is 3.87. The van der Waals surface area contributed by atoms with Gasteiger partial charge in [-0.15, -0.1) is 0 Å². The van der Waals surface area contributed by atoms with Gasteiger partial charge in [0.15, 0.2) is 0 Å². The Bertz CT molecular complexity index is 829. The molecule has 4 nitrogen and oxygen atoms in total. The number of hydrogen-bond donors (Lipinski definition) is 2. The van der Waals surface area contributed by atoms with Crippen molar-refractivity contribution >= 4 is 58.4 Å². The molecule has 0 spiro atoms. The largest absolute Gasteiger partial charge is 0.326 e. The number of amides is 1. The zero-order chi connectivity index (χ0) is 16.4. The maximum Gasteiger partial charge on any atom is 0.276 e. The Morgan fingerprint density at radius 1 is 1.00 bits per heavy atom. The molecular weight excluding hydrogens is 357 g/mol. The Morgan fingerprint density at radius 3 is 2.39 bits per heavy atom. The first-order valence-corrected chi connectivity index (χ1v) is 7.74. The summed E-state index contributed by atoms with van der Waals surface area (Å²) in [6, 6.07) is 12.1. The summed E-state index contributed by atoms with van der Waals surface area (Å²) >= 11 is 17.8. The van der Waals surface area contributed by atoms with Crippen molar-refractivity contribution in [1.29, 1.82) is 0 Å². The summed E-state index contributed by atoms with van der Waals surface area (Å²) < 4.78 is 0. The van der Waals surface area contributed by atoms with E-state index in [1.165, 1.54) is 0 Å². The smallest absolute Gasteiger partial charge is 0.276 e. The third-order valence-electron chi connectivity index (χ3n) is 3.06. The number of carbonyl (C=O) groups excluding carboxylic acids is 1. The molecular formula is C16H10Cl3N3O. The van der Waals surface area contributed by atoms with Gasteiger partial charge in [-0.25, -0.2) is 4.99 Å². The fourth-order valence-electron chi connectivity index (χ4n) is 1.96. The van der Waals surface area contributed by atoms with Gasteiger partial charge in [-0.1, -0.05) is 40.9 Å². The zero-order valence-electron chi connectivity index (χ0n) is 11.6. The van der Waals surface area contributed by atoms with E-state index in [1.54, 1.807) is 48.5 Å². The molecule has 0 unspecified atom stereocenters. The molecule has 23 heavy (non-hydrogen) atoms. The lowest BCUT2D eigenvalue weighted by atomic mass is 10.2. The number of guanidine groups is 1. The number of benzene rings is 2. The van der Waals surface area contributed by atoms with Gasteiger partial charge < -0.3 is 5.32 Å². The zero-order valence-corrected chi connectivity index (χ0v) is 13.9. The van der Waals surface area contributed by atoms with Gasteiger partial charge in [0.05, 0.1) is 0 Å². The van der Waals surface area contributed by atoms with Crippen molar-refractivity contribution in [2.24, 2.45) is 4.99 Å². The highest BCUT2D eigenvalue weighted by atomic mass is 35.5. The molecule has 1 aliphatic heterocycles. The van der Waals surface area contributed by atoms with Crippen molar-refractivity contribution in [3.05, 3.63) is 68.8 Å². The van der Waals surface area contributed by atoms with Crippen LogP contribution in [0.5, 0.6) is 0 Å². The first kappa shape index (κ1) is 15.9. The molecule has 116 valence electrons. The quantitative estimate of drug-likeness (QED) is 0.764. The molecule has 1 aliphatic rings. The molecule has 0 aliphatic carbocycles. The molecule has 2 N–H and O–H groups in total. The van der Waals surface area contributed by atoms with Gasteiger partial charge in [0.25, 0.3) is 5.91 Å². The van der Waals surface area contributed by atoms with E-state index in [4.69, 9.17) is 34.8 Å². The average Bonchev–Trinajstić information content (AvgIpc) is 2.84. The minimum absolute atomic E-state index is 0.255. The summed E-state index contributed by atoms with van der Waals surface area (Å²) in [5.41, 5.74) is 1.68. The van der Waals surface area contributed by atoms with Crippen LogP contribution < -0.4 is 10.6 Å². The SMILES string of the molecule is O=C1NC(Nc2ccc(Cl)cc2)=N/C1=C\c1ccc(Cl)cc1Cl. The highest BCUT2D eigenvalue weighted by molar-refractivity contribution is 6.35. The number of aliphatic imine (C=N–C) groups is 1.